The Bertz CT molecular complexity index is 324. The number of hydrogen-bond acceptors (Lipinski definition) is 1. The summed E-state index contributed by atoms with van der Waals surface area (Å²) in [5, 5.41) is 0. The molecule has 0 unspecified atom stereocenters. The van der Waals surface area contributed by atoms with E-state index in [9.17, 15) is 0 Å². The molecule has 1 aromatic rings. The van der Waals surface area contributed by atoms with Crippen LogP contribution in [0.3, 0.4) is 0 Å². The topological polar surface area (TPSA) is 3.24 Å². The van der Waals surface area contributed by atoms with Crippen LogP contribution in [0.25, 0.3) is 0 Å². The van der Waals surface area contributed by atoms with Crippen LogP contribution < -0.4 is 0 Å². The summed E-state index contributed by atoms with van der Waals surface area (Å²) < 4.78 is 0. The number of hydrogen-bond donors (Lipinski definition) is 0. The van der Waals surface area contributed by atoms with Gasteiger partial charge in [-0.05, 0) is 44.0 Å². The second-order valence-electron chi connectivity index (χ2n) is 5.27. The van der Waals surface area contributed by atoms with E-state index in [0.717, 1.165) is 12.5 Å². The second kappa shape index (κ2) is 5.49. The van der Waals surface area contributed by atoms with Crippen molar-refractivity contribution in [1.82, 2.24) is 4.90 Å². The summed E-state index contributed by atoms with van der Waals surface area (Å²) in [5.74, 6) is 0.824. The lowest BCUT2D eigenvalue weighted by molar-refractivity contribution is 0.392. The molecule has 1 heteroatoms. The van der Waals surface area contributed by atoms with Gasteiger partial charge in [0, 0.05) is 6.54 Å². The zero-order valence-electron chi connectivity index (χ0n) is 10.6. The van der Waals surface area contributed by atoms with E-state index in [-0.39, 0.29) is 0 Å². The highest BCUT2D eigenvalue weighted by Crippen LogP contribution is 2.34. The number of nitrogens with zero attached hydrogens (tertiary/aromatic N) is 1. The smallest absolute Gasteiger partial charge is 0.0230 e. The molecule has 1 nitrogen and oxygen atoms in total. The maximum Gasteiger partial charge on any atom is 0.0230 e. The molecule has 0 aromatic heterocycles. The predicted molar refractivity (Wildman–Crippen MR) is 69.7 cm³/mol. The molecule has 0 bridgehead atoms. The molecule has 0 heterocycles. The molecule has 2 rings (SSSR count). The highest BCUT2D eigenvalue weighted by molar-refractivity contribution is 5.30. The SMILES string of the molecule is CN(C)Cc1ccccc1C1CCCCC1. The Morgan fingerprint density at radius 1 is 1.06 bits per heavy atom. The van der Waals surface area contributed by atoms with E-state index in [1.165, 1.54) is 37.7 Å². The summed E-state index contributed by atoms with van der Waals surface area (Å²) in [6, 6.07) is 9.01. The van der Waals surface area contributed by atoms with Crippen molar-refractivity contribution in [3.8, 4) is 0 Å². The van der Waals surface area contributed by atoms with Crippen LogP contribution in [0, 0.1) is 0 Å². The summed E-state index contributed by atoms with van der Waals surface area (Å²) >= 11 is 0. The van der Waals surface area contributed by atoms with E-state index in [0.29, 0.717) is 0 Å². The zero-order valence-corrected chi connectivity index (χ0v) is 10.6. The maximum absolute atomic E-state index is 2.34. The fourth-order valence-corrected chi connectivity index (χ4v) is 2.83. The largest absolute Gasteiger partial charge is 0.305 e. The Kier molecular flexibility index (Phi) is 4.00. The van der Waals surface area contributed by atoms with Gasteiger partial charge in [-0.15, -0.1) is 0 Å². The Morgan fingerprint density at radius 2 is 1.75 bits per heavy atom. The normalized spacial score (nSPS) is 17.9. The van der Waals surface area contributed by atoms with Crippen molar-refractivity contribution in [3.63, 3.8) is 0 Å². The van der Waals surface area contributed by atoms with Gasteiger partial charge in [-0.25, -0.2) is 0 Å². The summed E-state index contributed by atoms with van der Waals surface area (Å²) in [5.41, 5.74) is 3.13. The molecule has 1 aliphatic rings. The lowest BCUT2D eigenvalue weighted by Gasteiger charge is -2.25. The van der Waals surface area contributed by atoms with Gasteiger partial charge in [0.25, 0.3) is 0 Å². The van der Waals surface area contributed by atoms with E-state index in [1.54, 1.807) is 5.56 Å². The van der Waals surface area contributed by atoms with Crippen molar-refractivity contribution in [2.45, 2.75) is 44.6 Å². The molecule has 1 saturated carbocycles. The van der Waals surface area contributed by atoms with Crippen LogP contribution in [0.15, 0.2) is 24.3 Å². The van der Waals surface area contributed by atoms with Gasteiger partial charge in [-0.2, -0.15) is 0 Å². The lowest BCUT2D eigenvalue weighted by atomic mass is 9.82. The van der Waals surface area contributed by atoms with Gasteiger partial charge in [-0.3, -0.25) is 0 Å². The van der Waals surface area contributed by atoms with Crippen molar-refractivity contribution in [2.75, 3.05) is 14.1 Å². The van der Waals surface area contributed by atoms with E-state index >= 15 is 0 Å². The summed E-state index contributed by atoms with van der Waals surface area (Å²) in [6.07, 6.45) is 7.06. The Hall–Kier alpha value is -0.820. The van der Waals surface area contributed by atoms with E-state index < -0.39 is 0 Å². The lowest BCUT2D eigenvalue weighted by Crippen LogP contribution is -2.14. The molecule has 1 aromatic carbocycles. The second-order valence-corrected chi connectivity index (χ2v) is 5.27. The quantitative estimate of drug-likeness (QED) is 0.744. The van der Waals surface area contributed by atoms with Crippen LogP contribution in [0.5, 0.6) is 0 Å². The van der Waals surface area contributed by atoms with Gasteiger partial charge >= 0.3 is 0 Å². The molecule has 88 valence electrons. The van der Waals surface area contributed by atoms with Crippen LogP contribution in [0.4, 0.5) is 0 Å². The van der Waals surface area contributed by atoms with E-state index in [2.05, 4.69) is 43.3 Å². The number of benzene rings is 1. The van der Waals surface area contributed by atoms with Gasteiger partial charge in [0.2, 0.25) is 0 Å². The molecular weight excluding hydrogens is 194 g/mol. The summed E-state index contributed by atoms with van der Waals surface area (Å²) in [6.45, 7) is 1.08. The van der Waals surface area contributed by atoms with E-state index in [4.69, 9.17) is 0 Å². The standard InChI is InChI=1S/C15H23N/c1-16(2)12-14-10-6-7-11-15(14)13-8-4-3-5-9-13/h6-7,10-11,13H,3-5,8-9,12H2,1-2H3. The van der Waals surface area contributed by atoms with Gasteiger partial charge < -0.3 is 4.90 Å². The fourth-order valence-electron chi connectivity index (χ4n) is 2.83. The molecule has 1 aliphatic carbocycles. The van der Waals surface area contributed by atoms with Gasteiger partial charge in [0.15, 0.2) is 0 Å². The Morgan fingerprint density at radius 3 is 2.44 bits per heavy atom. The third-order valence-electron chi connectivity index (χ3n) is 3.59. The monoisotopic (exact) mass is 217 g/mol. The first-order valence-electron chi connectivity index (χ1n) is 6.50. The molecule has 0 N–H and O–H groups in total. The van der Waals surface area contributed by atoms with Crippen molar-refractivity contribution in [1.29, 1.82) is 0 Å². The predicted octanol–water partition coefficient (Wildman–Crippen LogP) is 3.80. The average molecular weight is 217 g/mol. The highest BCUT2D eigenvalue weighted by Gasteiger charge is 2.17. The molecule has 0 spiro atoms. The Balaban J connectivity index is 2.17. The first kappa shape index (κ1) is 11.7. The first-order chi connectivity index (χ1) is 7.77. The molecule has 16 heavy (non-hydrogen) atoms. The molecule has 0 aliphatic heterocycles. The molecular formula is C15H23N. The molecule has 0 saturated heterocycles. The first-order valence-corrected chi connectivity index (χ1v) is 6.50. The van der Waals surface area contributed by atoms with Crippen LogP contribution in [0.1, 0.15) is 49.1 Å². The van der Waals surface area contributed by atoms with Gasteiger partial charge in [0.05, 0.1) is 0 Å². The highest BCUT2D eigenvalue weighted by atomic mass is 15.0. The van der Waals surface area contributed by atoms with Crippen molar-refractivity contribution in [2.24, 2.45) is 0 Å². The average Bonchev–Trinajstić information content (AvgIpc) is 2.30. The van der Waals surface area contributed by atoms with Crippen LogP contribution in [-0.4, -0.2) is 19.0 Å². The van der Waals surface area contributed by atoms with Crippen LogP contribution in [-0.2, 0) is 6.54 Å². The number of rotatable bonds is 3. The molecule has 0 radical (unpaired) electrons. The van der Waals surface area contributed by atoms with Crippen molar-refractivity contribution in [3.05, 3.63) is 35.4 Å². The molecule has 0 amide bonds. The maximum atomic E-state index is 2.34. The van der Waals surface area contributed by atoms with Crippen molar-refractivity contribution < 1.29 is 0 Å². The van der Waals surface area contributed by atoms with Crippen molar-refractivity contribution >= 4 is 0 Å². The molecule has 0 atom stereocenters. The zero-order chi connectivity index (χ0) is 11.4. The van der Waals surface area contributed by atoms with Crippen LogP contribution >= 0.6 is 0 Å². The van der Waals surface area contributed by atoms with Gasteiger partial charge in [0.1, 0.15) is 0 Å². The fraction of sp³-hybridized carbons (Fsp3) is 0.600. The van der Waals surface area contributed by atoms with E-state index in [1.807, 2.05) is 0 Å². The Labute approximate surface area is 99.5 Å². The summed E-state index contributed by atoms with van der Waals surface area (Å²) in [7, 11) is 4.30. The molecule has 1 fully saturated rings. The third-order valence-corrected chi connectivity index (χ3v) is 3.59. The van der Waals surface area contributed by atoms with Crippen LogP contribution in [0.2, 0.25) is 0 Å². The summed E-state index contributed by atoms with van der Waals surface area (Å²) in [4.78, 5) is 2.27. The minimum Gasteiger partial charge on any atom is -0.305 e. The third kappa shape index (κ3) is 2.85. The van der Waals surface area contributed by atoms with Gasteiger partial charge in [-0.1, -0.05) is 43.5 Å². The minimum atomic E-state index is 0.824. The minimum absolute atomic E-state index is 0.824.